The van der Waals surface area contributed by atoms with Crippen LogP contribution < -0.4 is 5.32 Å². The van der Waals surface area contributed by atoms with Crippen LogP contribution in [0.2, 0.25) is 0 Å². The number of amides is 1. The standard InChI is InChI=1S/C25H23NO3/c27-17-12-13-18-16(14-17)6-5-11-24(18)26-25(28)29-15-23-21-9-3-1-7-19(21)20-8-2-4-10-22(20)23/h1-4,7-10,12-14,23-24,27H,5-6,11,15H2,(H,26,28). The largest absolute Gasteiger partial charge is 0.508 e. The summed E-state index contributed by atoms with van der Waals surface area (Å²) in [5.41, 5.74) is 7.03. The summed E-state index contributed by atoms with van der Waals surface area (Å²) in [6, 6.07) is 21.9. The van der Waals surface area contributed by atoms with Crippen LogP contribution in [0.3, 0.4) is 0 Å². The second-order valence-corrected chi connectivity index (χ2v) is 7.80. The van der Waals surface area contributed by atoms with E-state index in [4.69, 9.17) is 4.74 Å². The average Bonchev–Trinajstić information content (AvgIpc) is 3.06. The zero-order valence-corrected chi connectivity index (χ0v) is 16.1. The number of hydrogen-bond acceptors (Lipinski definition) is 3. The molecule has 0 saturated carbocycles. The number of carbonyl (C=O) groups excluding carboxylic acids is 1. The van der Waals surface area contributed by atoms with E-state index in [0.717, 1.165) is 30.4 Å². The van der Waals surface area contributed by atoms with Crippen LogP contribution in [0.15, 0.2) is 66.7 Å². The number of benzene rings is 3. The Morgan fingerprint density at radius 3 is 2.38 bits per heavy atom. The average molecular weight is 385 g/mol. The molecule has 146 valence electrons. The predicted octanol–water partition coefficient (Wildman–Crippen LogP) is 5.31. The summed E-state index contributed by atoms with van der Waals surface area (Å²) in [7, 11) is 0. The number of alkyl carbamates (subject to hydrolysis) is 1. The number of carbonyl (C=O) groups is 1. The quantitative estimate of drug-likeness (QED) is 0.642. The number of ether oxygens (including phenoxy) is 1. The number of aryl methyl sites for hydroxylation is 1. The fraction of sp³-hybridized carbons (Fsp3) is 0.240. The Labute approximate surface area is 170 Å². The first-order valence-corrected chi connectivity index (χ1v) is 10.1. The highest BCUT2D eigenvalue weighted by Crippen LogP contribution is 2.44. The number of rotatable bonds is 3. The lowest BCUT2D eigenvalue weighted by Gasteiger charge is -2.26. The molecule has 5 rings (SSSR count). The molecule has 0 fully saturated rings. The van der Waals surface area contributed by atoms with E-state index in [9.17, 15) is 9.90 Å². The second kappa shape index (κ2) is 7.28. The van der Waals surface area contributed by atoms with Gasteiger partial charge in [-0.3, -0.25) is 0 Å². The maximum atomic E-state index is 12.6. The minimum atomic E-state index is -0.391. The number of hydrogen-bond donors (Lipinski definition) is 2. The number of nitrogens with one attached hydrogen (secondary N) is 1. The normalized spacial score (nSPS) is 17.2. The Morgan fingerprint density at radius 1 is 0.966 bits per heavy atom. The van der Waals surface area contributed by atoms with Gasteiger partial charge < -0.3 is 15.2 Å². The van der Waals surface area contributed by atoms with Crippen molar-refractivity contribution in [3.63, 3.8) is 0 Å². The maximum Gasteiger partial charge on any atom is 0.407 e. The second-order valence-electron chi connectivity index (χ2n) is 7.80. The van der Waals surface area contributed by atoms with Gasteiger partial charge in [0, 0.05) is 5.92 Å². The molecule has 29 heavy (non-hydrogen) atoms. The minimum Gasteiger partial charge on any atom is -0.508 e. The summed E-state index contributed by atoms with van der Waals surface area (Å²) in [4.78, 5) is 12.6. The van der Waals surface area contributed by atoms with Gasteiger partial charge in [0.05, 0.1) is 6.04 Å². The van der Waals surface area contributed by atoms with Crippen LogP contribution in [-0.2, 0) is 11.2 Å². The van der Waals surface area contributed by atoms with E-state index in [-0.39, 0.29) is 17.7 Å². The summed E-state index contributed by atoms with van der Waals surface area (Å²) in [6.45, 7) is 0.314. The molecule has 0 aromatic heterocycles. The maximum absolute atomic E-state index is 12.6. The lowest BCUT2D eigenvalue weighted by atomic mass is 9.87. The molecule has 0 radical (unpaired) electrons. The Bertz CT molecular complexity index is 1030. The number of phenols is 1. The third kappa shape index (κ3) is 3.25. The fourth-order valence-corrected chi connectivity index (χ4v) is 4.73. The number of fused-ring (bicyclic) bond motifs is 4. The summed E-state index contributed by atoms with van der Waals surface area (Å²) in [6.07, 6.45) is 2.39. The van der Waals surface area contributed by atoms with Crippen molar-refractivity contribution < 1.29 is 14.6 Å². The van der Waals surface area contributed by atoms with Crippen molar-refractivity contribution in [2.75, 3.05) is 6.61 Å². The van der Waals surface area contributed by atoms with Crippen LogP contribution >= 0.6 is 0 Å². The van der Waals surface area contributed by atoms with Crippen LogP contribution in [0.4, 0.5) is 4.79 Å². The molecule has 2 aliphatic carbocycles. The van der Waals surface area contributed by atoms with Gasteiger partial charge in [-0.25, -0.2) is 4.79 Å². The molecule has 0 bridgehead atoms. The van der Waals surface area contributed by atoms with Crippen molar-refractivity contribution in [3.8, 4) is 16.9 Å². The smallest absolute Gasteiger partial charge is 0.407 e. The van der Waals surface area contributed by atoms with Crippen LogP contribution in [-0.4, -0.2) is 17.8 Å². The van der Waals surface area contributed by atoms with Gasteiger partial charge in [-0.15, -0.1) is 0 Å². The van der Waals surface area contributed by atoms with Crippen LogP contribution in [0.1, 0.15) is 47.1 Å². The first-order valence-electron chi connectivity index (χ1n) is 10.1. The van der Waals surface area contributed by atoms with Crippen molar-refractivity contribution in [3.05, 3.63) is 89.0 Å². The minimum absolute atomic E-state index is 0.0590. The predicted molar refractivity (Wildman–Crippen MR) is 112 cm³/mol. The van der Waals surface area contributed by atoms with E-state index in [1.54, 1.807) is 12.1 Å². The van der Waals surface area contributed by atoms with Crippen molar-refractivity contribution in [2.24, 2.45) is 0 Å². The molecule has 2 N–H and O–H groups in total. The van der Waals surface area contributed by atoms with E-state index in [1.165, 1.54) is 22.3 Å². The monoisotopic (exact) mass is 385 g/mol. The molecule has 0 heterocycles. The van der Waals surface area contributed by atoms with Crippen molar-refractivity contribution in [1.29, 1.82) is 0 Å². The number of phenolic OH excluding ortho intramolecular Hbond substituents is 1. The van der Waals surface area contributed by atoms with Gasteiger partial charge in [0.15, 0.2) is 0 Å². The van der Waals surface area contributed by atoms with E-state index >= 15 is 0 Å². The summed E-state index contributed by atoms with van der Waals surface area (Å²) in [5, 5.41) is 12.7. The van der Waals surface area contributed by atoms with Gasteiger partial charge in [-0.1, -0.05) is 54.6 Å². The Hall–Kier alpha value is -3.27. The molecule has 4 nitrogen and oxygen atoms in total. The highest BCUT2D eigenvalue weighted by molar-refractivity contribution is 5.79. The van der Waals surface area contributed by atoms with Gasteiger partial charge in [-0.05, 0) is 64.8 Å². The molecule has 4 heteroatoms. The van der Waals surface area contributed by atoms with Gasteiger partial charge in [0.1, 0.15) is 12.4 Å². The van der Waals surface area contributed by atoms with Gasteiger partial charge in [0.25, 0.3) is 0 Å². The molecule has 0 spiro atoms. The molecule has 2 aliphatic rings. The molecule has 0 aliphatic heterocycles. The first-order chi connectivity index (χ1) is 14.2. The van der Waals surface area contributed by atoms with Crippen LogP contribution in [0, 0.1) is 0 Å². The topological polar surface area (TPSA) is 58.6 Å². The molecular weight excluding hydrogens is 362 g/mol. The Morgan fingerprint density at radius 2 is 1.66 bits per heavy atom. The van der Waals surface area contributed by atoms with Crippen molar-refractivity contribution in [1.82, 2.24) is 5.32 Å². The third-order valence-electron chi connectivity index (χ3n) is 6.08. The van der Waals surface area contributed by atoms with E-state index in [1.807, 2.05) is 30.3 Å². The molecular formula is C25H23NO3. The van der Waals surface area contributed by atoms with Crippen molar-refractivity contribution in [2.45, 2.75) is 31.2 Å². The molecule has 1 unspecified atom stereocenters. The molecule has 3 aromatic carbocycles. The zero-order valence-electron chi connectivity index (χ0n) is 16.1. The molecule has 3 aromatic rings. The molecule has 1 amide bonds. The Kier molecular flexibility index (Phi) is 4.47. The molecule has 1 atom stereocenters. The number of aromatic hydroxyl groups is 1. The SMILES string of the molecule is O=C(NC1CCCc2cc(O)ccc21)OCC1c2ccccc2-c2ccccc21. The third-order valence-corrected chi connectivity index (χ3v) is 6.08. The Balaban J connectivity index is 1.30. The lowest BCUT2D eigenvalue weighted by Crippen LogP contribution is -2.32. The van der Waals surface area contributed by atoms with E-state index < -0.39 is 6.09 Å². The summed E-state index contributed by atoms with van der Waals surface area (Å²) < 4.78 is 5.68. The summed E-state index contributed by atoms with van der Waals surface area (Å²) in [5.74, 6) is 0.328. The van der Waals surface area contributed by atoms with E-state index in [2.05, 4.69) is 29.6 Å². The van der Waals surface area contributed by atoms with Gasteiger partial charge in [0.2, 0.25) is 0 Å². The van der Waals surface area contributed by atoms with Crippen LogP contribution in [0.25, 0.3) is 11.1 Å². The van der Waals surface area contributed by atoms with Gasteiger partial charge >= 0.3 is 6.09 Å². The fourth-order valence-electron chi connectivity index (χ4n) is 4.73. The highest BCUT2D eigenvalue weighted by atomic mass is 16.5. The first kappa shape index (κ1) is 17.8. The van der Waals surface area contributed by atoms with Crippen molar-refractivity contribution >= 4 is 6.09 Å². The molecule has 0 saturated heterocycles. The summed E-state index contributed by atoms with van der Waals surface area (Å²) >= 11 is 0. The highest BCUT2D eigenvalue weighted by Gasteiger charge is 2.29. The lowest BCUT2D eigenvalue weighted by molar-refractivity contribution is 0.138. The van der Waals surface area contributed by atoms with Crippen LogP contribution in [0.5, 0.6) is 5.75 Å². The zero-order chi connectivity index (χ0) is 19.8. The van der Waals surface area contributed by atoms with E-state index in [0.29, 0.717) is 6.61 Å². The van der Waals surface area contributed by atoms with Gasteiger partial charge in [-0.2, -0.15) is 0 Å².